The van der Waals surface area contributed by atoms with Gasteiger partial charge in [-0.3, -0.25) is 20.4 Å². The summed E-state index contributed by atoms with van der Waals surface area (Å²) in [7, 11) is 0. The van der Waals surface area contributed by atoms with Crippen LogP contribution in [-0.4, -0.2) is 11.8 Å². The van der Waals surface area contributed by atoms with Gasteiger partial charge in [0.2, 0.25) is 0 Å². The number of halogens is 1. The molecule has 0 aliphatic heterocycles. The highest BCUT2D eigenvalue weighted by atomic mass is 35.5. The summed E-state index contributed by atoms with van der Waals surface area (Å²) in [6.45, 7) is 0. The Kier molecular flexibility index (Phi) is 4.92. The summed E-state index contributed by atoms with van der Waals surface area (Å²) < 4.78 is 0. The topological polar surface area (TPSA) is 58.2 Å². The van der Waals surface area contributed by atoms with Gasteiger partial charge in [-0.05, 0) is 35.2 Å². The van der Waals surface area contributed by atoms with E-state index in [1.165, 1.54) is 17.4 Å². The van der Waals surface area contributed by atoms with E-state index in [-0.39, 0.29) is 5.91 Å². The van der Waals surface area contributed by atoms with Gasteiger partial charge >= 0.3 is 0 Å². The van der Waals surface area contributed by atoms with E-state index < -0.39 is 5.91 Å². The first-order chi connectivity index (χ1) is 9.65. The summed E-state index contributed by atoms with van der Waals surface area (Å²) in [5, 5.41) is 2.42. The quantitative estimate of drug-likeness (QED) is 0.676. The Morgan fingerprint density at radius 1 is 1.10 bits per heavy atom. The molecule has 0 fully saturated rings. The minimum atomic E-state index is -0.412. The van der Waals surface area contributed by atoms with Crippen molar-refractivity contribution in [3.63, 3.8) is 0 Å². The number of hydrogen-bond acceptors (Lipinski definition) is 3. The summed E-state index contributed by atoms with van der Waals surface area (Å²) in [6.07, 6.45) is 2.96. The number of amides is 2. The largest absolute Gasteiger partial charge is 0.279 e. The van der Waals surface area contributed by atoms with Gasteiger partial charge in [0.1, 0.15) is 0 Å². The Hall–Kier alpha value is -2.11. The molecule has 2 rings (SSSR count). The van der Waals surface area contributed by atoms with Crippen molar-refractivity contribution in [1.29, 1.82) is 0 Å². The molecule has 0 saturated carbocycles. The van der Waals surface area contributed by atoms with Crippen LogP contribution in [0.15, 0.2) is 47.9 Å². The fourth-order valence-electron chi connectivity index (χ4n) is 1.38. The molecule has 0 bridgehead atoms. The molecule has 1 aromatic carbocycles. The first kappa shape index (κ1) is 14.3. The Bertz CT molecular complexity index is 621. The maximum absolute atomic E-state index is 11.6. The van der Waals surface area contributed by atoms with E-state index in [2.05, 4.69) is 10.9 Å². The Labute approximate surface area is 125 Å². The van der Waals surface area contributed by atoms with E-state index in [4.69, 9.17) is 11.6 Å². The van der Waals surface area contributed by atoms with Gasteiger partial charge in [-0.25, -0.2) is 0 Å². The van der Waals surface area contributed by atoms with Crippen molar-refractivity contribution < 1.29 is 9.59 Å². The lowest BCUT2D eigenvalue weighted by atomic mass is 10.2. The highest BCUT2D eigenvalue weighted by molar-refractivity contribution is 7.12. The molecule has 0 saturated heterocycles. The van der Waals surface area contributed by atoms with Crippen LogP contribution in [0.5, 0.6) is 0 Å². The Morgan fingerprint density at radius 3 is 2.50 bits per heavy atom. The van der Waals surface area contributed by atoms with Gasteiger partial charge in [-0.2, -0.15) is 0 Å². The average molecular weight is 307 g/mol. The minimum Gasteiger partial charge on any atom is -0.268 e. The third-order valence-electron chi connectivity index (χ3n) is 2.34. The summed E-state index contributed by atoms with van der Waals surface area (Å²) in [4.78, 5) is 23.6. The van der Waals surface area contributed by atoms with Crippen molar-refractivity contribution in [2.45, 2.75) is 0 Å². The predicted octanol–water partition coefficient (Wildman–Crippen LogP) is 2.88. The van der Waals surface area contributed by atoms with Gasteiger partial charge in [-0.1, -0.05) is 29.8 Å². The van der Waals surface area contributed by atoms with Crippen LogP contribution in [0.1, 0.15) is 15.2 Å². The summed E-state index contributed by atoms with van der Waals surface area (Å²) in [6, 6.07) is 10.5. The molecule has 0 spiro atoms. The highest BCUT2D eigenvalue weighted by Crippen LogP contribution is 2.10. The maximum atomic E-state index is 11.6. The highest BCUT2D eigenvalue weighted by Gasteiger charge is 2.05. The molecule has 0 radical (unpaired) electrons. The molecule has 0 atom stereocenters. The summed E-state index contributed by atoms with van der Waals surface area (Å²) in [5.74, 6) is -0.752. The molecule has 0 aliphatic rings. The second kappa shape index (κ2) is 6.88. The van der Waals surface area contributed by atoms with Gasteiger partial charge in [-0.15, -0.1) is 11.3 Å². The summed E-state index contributed by atoms with van der Waals surface area (Å²) in [5.41, 5.74) is 5.48. The first-order valence-corrected chi connectivity index (χ1v) is 6.98. The molecule has 1 heterocycles. The van der Waals surface area contributed by atoms with E-state index >= 15 is 0 Å². The molecule has 102 valence electrons. The monoisotopic (exact) mass is 306 g/mol. The number of thiophene rings is 1. The van der Waals surface area contributed by atoms with Crippen LogP contribution in [0.4, 0.5) is 0 Å². The van der Waals surface area contributed by atoms with E-state index in [0.717, 1.165) is 5.56 Å². The standard InChI is InChI=1S/C14H11ClN2O2S/c15-11-6-3-10(4-7-11)5-8-13(18)16-17-14(19)12-2-1-9-20-12/h1-9H,(H,16,18)(H,17,19)/b8-5+. The average Bonchev–Trinajstić information content (AvgIpc) is 2.98. The van der Waals surface area contributed by atoms with Gasteiger partial charge in [0.15, 0.2) is 0 Å². The molecule has 2 aromatic rings. The number of nitrogens with one attached hydrogen (secondary N) is 2. The van der Waals surface area contributed by atoms with Crippen LogP contribution in [0.2, 0.25) is 5.02 Å². The van der Waals surface area contributed by atoms with Crippen LogP contribution in [0.25, 0.3) is 6.08 Å². The van der Waals surface area contributed by atoms with E-state index in [1.807, 2.05) is 0 Å². The van der Waals surface area contributed by atoms with Crippen LogP contribution >= 0.6 is 22.9 Å². The molecule has 0 unspecified atom stereocenters. The van der Waals surface area contributed by atoms with Gasteiger partial charge < -0.3 is 0 Å². The number of carbonyl (C=O) groups excluding carboxylic acids is 2. The van der Waals surface area contributed by atoms with Crippen molar-refractivity contribution in [2.24, 2.45) is 0 Å². The number of benzene rings is 1. The third-order valence-corrected chi connectivity index (χ3v) is 3.46. The SMILES string of the molecule is O=C(/C=C/c1ccc(Cl)cc1)NNC(=O)c1cccs1. The molecule has 4 nitrogen and oxygen atoms in total. The molecule has 0 aliphatic carbocycles. The second-order valence-corrected chi connectivity index (χ2v) is 5.19. The fourth-order valence-corrected chi connectivity index (χ4v) is 2.12. The maximum Gasteiger partial charge on any atom is 0.279 e. The van der Waals surface area contributed by atoms with Gasteiger partial charge in [0, 0.05) is 11.1 Å². The van der Waals surface area contributed by atoms with Crippen LogP contribution in [0, 0.1) is 0 Å². The third kappa shape index (κ3) is 4.22. The number of rotatable bonds is 3. The molecular weight excluding hydrogens is 296 g/mol. The Morgan fingerprint density at radius 2 is 1.85 bits per heavy atom. The van der Waals surface area contributed by atoms with Crippen molar-refractivity contribution >= 4 is 40.8 Å². The molecule has 1 aromatic heterocycles. The zero-order chi connectivity index (χ0) is 14.4. The fraction of sp³-hybridized carbons (Fsp3) is 0. The normalized spacial score (nSPS) is 10.4. The lowest BCUT2D eigenvalue weighted by Gasteiger charge is -2.02. The Balaban J connectivity index is 1.83. The first-order valence-electron chi connectivity index (χ1n) is 5.72. The molecule has 2 amide bonds. The molecule has 20 heavy (non-hydrogen) atoms. The van der Waals surface area contributed by atoms with E-state index in [0.29, 0.717) is 9.90 Å². The van der Waals surface area contributed by atoms with Crippen LogP contribution in [-0.2, 0) is 4.79 Å². The van der Waals surface area contributed by atoms with Crippen LogP contribution < -0.4 is 10.9 Å². The minimum absolute atomic E-state index is 0.340. The summed E-state index contributed by atoms with van der Waals surface area (Å²) >= 11 is 7.06. The number of hydrogen-bond donors (Lipinski definition) is 2. The lowest BCUT2D eigenvalue weighted by Crippen LogP contribution is -2.40. The molecule has 2 N–H and O–H groups in total. The zero-order valence-electron chi connectivity index (χ0n) is 10.3. The van der Waals surface area contributed by atoms with Crippen molar-refractivity contribution in [2.75, 3.05) is 0 Å². The second-order valence-electron chi connectivity index (χ2n) is 3.81. The van der Waals surface area contributed by atoms with Crippen molar-refractivity contribution in [3.05, 3.63) is 63.3 Å². The number of carbonyl (C=O) groups is 2. The molecule has 6 heteroatoms. The molecular formula is C14H11ClN2O2S. The van der Waals surface area contributed by atoms with Crippen molar-refractivity contribution in [1.82, 2.24) is 10.9 Å². The zero-order valence-corrected chi connectivity index (χ0v) is 11.9. The smallest absolute Gasteiger partial charge is 0.268 e. The van der Waals surface area contributed by atoms with Crippen LogP contribution in [0.3, 0.4) is 0 Å². The van der Waals surface area contributed by atoms with Gasteiger partial charge in [0.25, 0.3) is 11.8 Å². The number of hydrazine groups is 1. The van der Waals surface area contributed by atoms with E-state index in [1.54, 1.807) is 47.9 Å². The van der Waals surface area contributed by atoms with E-state index in [9.17, 15) is 9.59 Å². The van der Waals surface area contributed by atoms with Crippen molar-refractivity contribution in [3.8, 4) is 0 Å². The van der Waals surface area contributed by atoms with Gasteiger partial charge in [0.05, 0.1) is 4.88 Å². The lowest BCUT2D eigenvalue weighted by molar-refractivity contribution is -0.117. The predicted molar refractivity (Wildman–Crippen MR) is 80.4 cm³/mol.